The molecule has 0 fully saturated rings. The molecule has 0 aliphatic heterocycles. The summed E-state index contributed by atoms with van der Waals surface area (Å²) in [5.41, 5.74) is 2.80. The average Bonchev–Trinajstić information content (AvgIpc) is 3.22. The first-order chi connectivity index (χ1) is 14.1. The van der Waals surface area contributed by atoms with E-state index in [-0.39, 0.29) is 5.43 Å². The van der Waals surface area contributed by atoms with Crippen LogP contribution in [0.4, 0.5) is 0 Å². The van der Waals surface area contributed by atoms with Crippen LogP contribution in [0.25, 0.3) is 38.9 Å². The van der Waals surface area contributed by atoms with E-state index < -0.39 is 0 Å². The summed E-state index contributed by atoms with van der Waals surface area (Å²) in [5, 5.41) is 15.2. The molecule has 4 heterocycles. The molecule has 0 radical (unpaired) electrons. The molecule has 8 heteroatoms. The lowest BCUT2D eigenvalue weighted by atomic mass is 10.0. The van der Waals surface area contributed by atoms with Crippen molar-refractivity contribution < 1.29 is 0 Å². The van der Waals surface area contributed by atoms with Crippen molar-refractivity contribution in [3.63, 3.8) is 0 Å². The normalized spacial score (nSPS) is 11.0. The molecule has 0 aliphatic carbocycles. The number of nitriles is 1. The second-order valence-electron chi connectivity index (χ2n) is 6.42. The van der Waals surface area contributed by atoms with Crippen LogP contribution in [-0.2, 0) is 0 Å². The van der Waals surface area contributed by atoms with Crippen molar-refractivity contribution in [2.24, 2.45) is 0 Å². The zero-order valence-electron chi connectivity index (χ0n) is 14.8. The van der Waals surface area contributed by atoms with Gasteiger partial charge in [-0.2, -0.15) is 10.4 Å². The fourth-order valence-electron chi connectivity index (χ4n) is 3.27. The number of hydrogen-bond acceptors (Lipinski definition) is 5. The van der Waals surface area contributed by atoms with Gasteiger partial charge < -0.3 is 4.98 Å². The van der Waals surface area contributed by atoms with Crippen molar-refractivity contribution in [2.45, 2.75) is 0 Å². The van der Waals surface area contributed by atoms with Crippen molar-refractivity contribution in [3.8, 4) is 23.0 Å². The van der Waals surface area contributed by atoms with Crippen molar-refractivity contribution in [2.75, 3.05) is 0 Å². The molecule has 1 aromatic carbocycles. The SMILES string of the molecule is N#Cc1cnn(-c2nc3[nH]ccc(=O)c3cc2-c2cc(Cl)c3ncccc3c2)c1. The Kier molecular flexibility index (Phi) is 3.86. The van der Waals surface area contributed by atoms with E-state index in [1.165, 1.54) is 16.9 Å². The number of hydrogen-bond donors (Lipinski definition) is 1. The van der Waals surface area contributed by atoms with E-state index in [0.717, 1.165) is 10.9 Å². The van der Waals surface area contributed by atoms with Crippen molar-refractivity contribution in [1.82, 2.24) is 24.7 Å². The van der Waals surface area contributed by atoms with Crippen molar-refractivity contribution >= 4 is 33.5 Å². The summed E-state index contributed by atoms with van der Waals surface area (Å²) in [6.07, 6.45) is 6.27. The summed E-state index contributed by atoms with van der Waals surface area (Å²) in [4.78, 5) is 24.3. The highest BCUT2D eigenvalue weighted by molar-refractivity contribution is 6.35. The maximum Gasteiger partial charge on any atom is 0.191 e. The third kappa shape index (κ3) is 2.83. The fourth-order valence-corrected chi connectivity index (χ4v) is 3.55. The van der Waals surface area contributed by atoms with E-state index in [1.54, 1.807) is 30.7 Å². The standard InChI is InChI=1S/C21H11ClN6O/c22-17-7-14(6-13-2-1-4-24-19(13)17)15-8-16-18(29)3-5-25-20(16)27-21(15)28-11-12(9-23)10-26-28/h1-8,10-11H,(H,25,27,29). The molecule has 0 atom stereocenters. The van der Waals surface area contributed by atoms with Crippen LogP contribution in [0.5, 0.6) is 0 Å². The predicted octanol–water partition coefficient (Wildman–Crippen LogP) is 3.85. The summed E-state index contributed by atoms with van der Waals surface area (Å²) >= 11 is 6.47. The number of nitrogens with one attached hydrogen (secondary N) is 1. The first-order valence-electron chi connectivity index (χ1n) is 8.66. The monoisotopic (exact) mass is 398 g/mol. The number of benzene rings is 1. The molecule has 138 valence electrons. The second-order valence-corrected chi connectivity index (χ2v) is 6.82. The van der Waals surface area contributed by atoms with Gasteiger partial charge in [0.2, 0.25) is 0 Å². The van der Waals surface area contributed by atoms with Gasteiger partial charge in [0.05, 0.1) is 33.9 Å². The lowest BCUT2D eigenvalue weighted by Gasteiger charge is -2.12. The van der Waals surface area contributed by atoms with Crippen molar-refractivity contribution in [3.05, 3.63) is 82.0 Å². The summed E-state index contributed by atoms with van der Waals surface area (Å²) in [5.74, 6) is 0.472. The molecular formula is C21H11ClN6O. The maximum absolute atomic E-state index is 12.4. The molecule has 0 aliphatic rings. The van der Waals surface area contributed by atoms with Gasteiger partial charge in [0.1, 0.15) is 11.7 Å². The van der Waals surface area contributed by atoms with Gasteiger partial charge in [-0.15, -0.1) is 0 Å². The molecule has 7 nitrogen and oxygen atoms in total. The van der Waals surface area contributed by atoms with Gasteiger partial charge in [-0.1, -0.05) is 17.7 Å². The molecule has 0 saturated heterocycles. The lowest BCUT2D eigenvalue weighted by Crippen LogP contribution is -2.07. The minimum Gasteiger partial charge on any atom is -0.346 e. The minimum absolute atomic E-state index is 0.147. The number of aromatic nitrogens is 5. The van der Waals surface area contributed by atoms with Crippen LogP contribution in [0.3, 0.4) is 0 Å². The Bertz CT molecular complexity index is 1510. The highest BCUT2D eigenvalue weighted by Crippen LogP contribution is 2.33. The number of rotatable bonds is 2. The summed E-state index contributed by atoms with van der Waals surface area (Å²) in [7, 11) is 0. The van der Waals surface area contributed by atoms with Gasteiger partial charge in [-0.25, -0.2) is 9.67 Å². The van der Waals surface area contributed by atoms with Crippen LogP contribution in [0.1, 0.15) is 5.56 Å². The highest BCUT2D eigenvalue weighted by Gasteiger charge is 2.16. The molecule has 4 aromatic heterocycles. The average molecular weight is 399 g/mol. The predicted molar refractivity (Wildman–Crippen MR) is 110 cm³/mol. The fraction of sp³-hybridized carbons (Fsp3) is 0. The van der Waals surface area contributed by atoms with Crippen LogP contribution < -0.4 is 5.43 Å². The Labute approximate surface area is 168 Å². The molecule has 0 spiro atoms. The first kappa shape index (κ1) is 17.1. The molecular weight excluding hydrogens is 388 g/mol. The number of nitrogens with zero attached hydrogens (tertiary/aromatic N) is 5. The molecule has 1 N–H and O–H groups in total. The zero-order chi connectivity index (χ0) is 20.0. The molecule has 0 bridgehead atoms. The van der Waals surface area contributed by atoms with Gasteiger partial charge in [0.25, 0.3) is 0 Å². The quantitative estimate of drug-likeness (QED) is 0.486. The van der Waals surface area contributed by atoms with E-state index in [1.807, 2.05) is 18.2 Å². The first-order valence-corrected chi connectivity index (χ1v) is 9.04. The smallest absolute Gasteiger partial charge is 0.191 e. The Hall–Kier alpha value is -4.02. The van der Waals surface area contributed by atoms with Gasteiger partial charge in [-0.05, 0) is 29.8 Å². The number of fused-ring (bicyclic) bond motifs is 2. The number of H-pyrrole nitrogens is 1. The van der Waals surface area contributed by atoms with Gasteiger partial charge >= 0.3 is 0 Å². The number of aromatic amines is 1. The van der Waals surface area contributed by atoms with Gasteiger partial charge in [0, 0.05) is 29.4 Å². The van der Waals surface area contributed by atoms with Crippen LogP contribution in [0.2, 0.25) is 5.02 Å². The Morgan fingerprint density at radius 2 is 2.10 bits per heavy atom. The van der Waals surface area contributed by atoms with Gasteiger partial charge in [-0.3, -0.25) is 9.78 Å². The molecule has 5 aromatic rings. The maximum atomic E-state index is 12.4. The molecule has 29 heavy (non-hydrogen) atoms. The van der Waals surface area contributed by atoms with E-state index in [2.05, 4.69) is 26.1 Å². The Morgan fingerprint density at radius 3 is 2.93 bits per heavy atom. The summed E-state index contributed by atoms with van der Waals surface area (Å²) in [6.45, 7) is 0. The van der Waals surface area contributed by atoms with Crippen LogP contribution in [0, 0.1) is 11.3 Å². The second kappa shape index (κ2) is 6.55. The molecule has 0 unspecified atom stereocenters. The summed E-state index contributed by atoms with van der Waals surface area (Å²) in [6, 6.07) is 12.7. The van der Waals surface area contributed by atoms with E-state index in [9.17, 15) is 4.79 Å². The summed E-state index contributed by atoms with van der Waals surface area (Å²) < 4.78 is 1.51. The minimum atomic E-state index is -0.147. The molecule has 0 saturated carbocycles. The van der Waals surface area contributed by atoms with E-state index in [0.29, 0.717) is 38.5 Å². The third-order valence-corrected chi connectivity index (χ3v) is 4.91. The van der Waals surface area contributed by atoms with Crippen LogP contribution in [0.15, 0.2) is 66.0 Å². The Balaban J connectivity index is 1.86. The highest BCUT2D eigenvalue weighted by atomic mass is 35.5. The van der Waals surface area contributed by atoms with Gasteiger partial charge in [0.15, 0.2) is 11.2 Å². The van der Waals surface area contributed by atoms with E-state index >= 15 is 0 Å². The topological polar surface area (TPSA) is 100 Å². The number of halogens is 1. The van der Waals surface area contributed by atoms with E-state index in [4.69, 9.17) is 16.9 Å². The molecule has 0 amide bonds. The lowest BCUT2D eigenvalue weighted by molar-refractivity contribution is 0.852. The Morgan fingerprint density at radius 1 is 1.21 bits per heavy atom. The third-order valence-electron chi connectivity index (χ3n) is 4.62. The molecule has 5 rings (SSSR count). The van der Waals surface area contributed by atoms with Crippen molar-refractivity contribution in [1.29, 1.82) is 5.26 Å². The zero-order valence-corrected chi connectivity index (χ0v) is 15.6. The largest absolute Gasteiger partial charge is 0.346 e. The van der Waals surface area contributed by atoms with Crippen LogP contribution in [-0.4, -0.2) is 24.7 Å². The van der Waals surface area contributed by atoms with Crippen LogP contribution >= 0.6 is 11.6 Å². The number of pyridine rings is 3.